The minimum absolute atomic E-state index is 0.107. The number of halogens is 1. The number of phenols is 1. The highest BCUT2D eigenvalue weighted by atomic mass is 35.5. The van der Waals surface area contributed by atoms with Gasteiger partial charge in [0.2, 0.25) is 5.78 Å². The molecule has 0 radical (unpaired) electrons. The Morgan fingerprint density at radius 3 is 2.57 bits per heavy atom. The van der Waals surface area contributed by atoms with Gasteiger partial charge in [-0.1, -0.05) is 17.7 Å². The summed E-state index contributed by atoms with van der Waals surface area (Å²) in [5.41, 5.74) is 1.56. The number of fused-ring (bicyclic) bond motifs is 1. The van der Waals surface area contributed by atoms with Crippen LogP contribution < -0.4 is 9.64 Å². The molecule has 0 spiro atoms. The van der Waals surface area contributed by atoms with Crippen LogP contribution in [0.2, 0.25) is 5.02 Å². The van der Waals surface area contributed by atoms with E-state index < -0.39 is 23.5 Å². The number of nitrogens with zero attached hydrogens (tertiary/aromatic N) is 2. The molecule has 1 aliphatic heterocycles. The number of rotatable bonds is 5. The van der Waals surface area contributed by atoms with Crippen LogP contribution in [-0.4, -0.2) is 34.0 Å². The Morgan fingerprint density at radius 2 is 1.86 bits per heavy atom. The standard InChI is InChI=1S/C26H19ClN2O6/c1-13-3-4-18(30)17(9-13)29-22(14-5-7-28-8-6-14)21(24(32)26(29)33)23(31)19-11-15-10-16(27)12-20(34-2)25(15)35-19/h3-12,22,30,32H,1-2H3. The van der Waals surface area contributed by atoms with Gasteiger partial charge in [-0.15, -0.1) is 0 Å². The topological polar surface area (TPSA) is 113 Å². The van der Waals surface area contributed by atoms with Crippen LogP contribution in [0, 0.1) is 6.92 Å². The second kappa shape index (κ2) is 8.48. The first-order chi connectivity index (χ1) is 16.8. The van der Waals surface area contributed by atoms with Crippen LogP contribution in [0.3, 0.4) is 0 Å². The Hall–Kier alpha value is -4.30. The molecule has 1 unspecified atom stereocenters. The van der Waals surface area contributed by atoms with Gasteiger partial charge >= 0.3 is 0 Å². The molecule has 2 aromatic heterocycles. The number of ketones is 1. The van der Waals surface area contributed by atoms with Crippen molar-refractivity contribution in [3.8, 4) is 11.5 Å². The number of hydrogen-bond acceptors (Lipinski definition) is 7. The SMILES string of the molecule is COc1cc(Cl)cc2cc(C(=O)C3=C(O)C(=O)N(c4cc(C)ccc4O)C3c3ccncc3)oc12. The number of methoxy groups -OCH3 is 1. The third-order valence-electron chi connectivity index (χ3n) is 5.86. The van der Waals surface area contributed by atoms with Gasteiger partial charge in [0.25, 0.3) is 5.91 Å². The fourth-order valence-electron chi connectivity index (χ4n) is 4.26. The lowest BCUT2D eigenvalue weighted by molar-refractivity contribution is -0.117. The lowest BCUT2D eigenvalue weighted by Crippen LogP contribution is -2.31. The Balaban J connectivity index is 1.68. The Kier molecular flexibility index (Phi) is 5.45. The number of aromatic nitrogens is 1. The summed E-state index contributed by atoms with van der Waals surface area (Å²) in [5.74, 6) is -2.20. The molecule has 1 amide bonds. The van der Waals surface area contributed by atoms with Crippen molar-refractivity contribution in [1.29, 1.82) is 0 Å². The number of aliphatic hydroxyl groups excluding tert-OH is 1. The summed E-state index contributed by atoms with van der Waals surface area (Å²) in [6.07, 6.45) is 3.03. The van der Waals surface area contributed by atoms with Crippen molar-refractivity contribution in [2.75, 3.05) is 12.0 Å². The normalized spacial score (nSPS) is 15.8. The van der Waals surface area contributed by atoms with E-state index in [0.717, 1.165) is 5.56 Å². The van der Waals surface area contributed by atoms with Crippen LogP contribution >= 0.6 is 11.6 Å². The summed E-state index contributed by atoms with van der Waals surface area (Å²) in [7, 11) is 1.45. The number of amides is 1. The third kappa shape index (κ3) is 3.68. The smallest absolute Gasteiger partial charge is 0.294 e. The monoisotopic (exact) mass is 490 g/mol. The maximum atomic E-state index is 13.7. The van der Waals surface area contributed by atoms with Crippen molar-refractivity contribution >= 4 is 39.9 Å². The predicted molar refractivity (Wildman–Crippen MR) is 129 cm³/mol. The molecule has 0 bridgehead atoms. The van der Waals surface area contributed by atoms with E-state index in [9.17, 15) is 19.8 Å². The van der Waals surface area contributed by atoms with E-state index in [0.29, 0.717) is 27.3 Å². The van der Waals surface area contributed by atoms with E-state index in [1.54, 1.807) is 43.3 Å². The summed E-state index contributed by atoms with van der Waals surface area (Å²) in [5, 5.41) is 22.4. The lowest BCUT2D eigenvalue weighted by Gasteiger charge is -2.27. The number of pyridine rings is 1. The number of aliphatic hydroxyl groups is 1. The van der Waals surface area contributed by atoms with E-state index >= 15 is 0 Å². The first-order valence-electron chi connectivity index (χ1n) is 10.6. The maximum absolute atomic E-state index is 13.7. The van der Waals surface area contributed by atoms with Gasteiger partial charge < -0.3 is 19.4 Å². The third-order valence-corrected chi connectivity index (χ3v) is 6.07. The highest BCUT2D eigenvalue weighted by Crippen LogP contribution is 2.45. The molecule has 1 aliphatic rings. The highest BCUT2D eigenvalue weighted by Gasteiger charge is 2.46. The second-order valence-electron chi connectivity index (χ2n) is 8.08. The number of phenolic OH excluding ortho intramolecular Hbond substituents is 1. The second-order valence-corrected chi connectivity index (χ2v) is 8.52. The van der Waals surface area contributed by atoms with Gasteiger partial charge in [0.05, 0.1) is 24.4 Å². The summed E-state index contributed by atoms with van der Waals surface area (Å²) < 4.78 is 11.1. The van der Waals surface area contributed by atoms with Crippen molar-refractivity contribution < 1.29 is 29.0 Å². The summed E-state index contributed by atoms with van der Waals surface area (Å²) in [4.78, 5) is 32.2. The molecule has 0 saturated heterocycles. The van der Waals surface area contributed by atoms with Gasteiger partial charge in [-0.25, -0.2) is 0 Å². The summed E-state index contributed by atoms with van der Waals surface area (Å²) >= 11 is 6.14. The molecule has 2 aromatic carbocycles. The molecule has 35 heavy (non-hydrogen) atoms. The molecule has 9 heteroatoms. The van der Waals surface area contributed by atoms with Crippen molar-refractivity contribution in [2.24, 2.45) is 0 Å². The van der Waals surface area contributed by atoms with Gasteiger partial charge in [-0.2, -0.15) is 0 Å². The fourth-order valence-corrected chi connectivity index (χ4v) is 4.47. The van der Waals surface area contributed by atoms with Crippen LogP contribution in [0.1, 0.15) is 27.7 Å². The molecule has 0 saturated carbocycles. The predicted octanol–water partition coefficient (Wildman–Crippen LogP) is 5.29. The van der Waals surface area contributed by atoms with Crippen LogP contribution in [0.5, 0.6) is 11.5 Å². The summed E-state index contributed by atoms with van der Waals surface area (Å²) in [6, 6.07) is 11.6. The van der Waals surface area contributed by atoms with Crippen LogP contribution in [0.4, 0.5) is 5.69 Å². The van der Waals surface area contributed by atoms with Gasteiger partial charge in [-0.3, -0.25) is 19.5 Å². The van der Waals surface area contributed by atoms with E-state index in [-0.39, 0.29) is 22.8 Å². The minimum atomic E-state index is -1.04. The Labute approximate surface area is 204 Å². The van der Waals surface area contributed by atoms with Gasteiger partial charge in [0.15, 0.2) is 22.9 Å². The molecule has 0 aliphatic carbocycles. The van der Waals surface area contributed by atoms with Crippen molar-refractivity contribution in [1.82, 2.24) is 4.98 Å². The van der Waals surface area contributed by atoms with Gasteiger partial charge in [-0.05, 0) is 54.4 Å². The van der Waals surface area contributed by atoms with E-state index in [1.165, 1.54) is 36.5 Å². The van der Waals surface area contributed by atoms with E-state index in [4.69, 9.17) is 20.8 Å². The molecular formula is C26H19ClN2O6. The van der Waals surface area contributed by atoms with Gasteiger partial charge in [0, 0.05) is 28.9 Å². The average molecular weight is 491 g/mol. The van der Waals surface area contributed by atoms with Gasteiger partial charge in [0.1, 0.15) is 5.75 Å². The lowest BCUT2D eigenvalue weighted by atomic mass is 9.95. The largest absolute Gasteiger partial charge is 0.506 e. The number of furan rings is 1. The number of aromatic hydroxyl groups is 1. The number of benzene rings is 2. The zero-order chi connectivity index (χ0) is 24.9. The molecule has 0 fully saturated rings. The van der Waals surface area contributed by atoms with Crippen molar-refractivity contribution in [3.05, 3.63) is 94.2 Å². The number of carbonyl (C=O) groups excluding carboxylic acids is 2. The number of Topliss-reactive ketones (excluding diaryl/α,β-unsaturated/α-hetero) is 1. The van der Waals surface area contributed by atoms with E-state index in [1.807, 2.05) is 0 Å². The minimum Gasteiger partial charge on any atom is -0.506 e. The number of ether oxygens (including phenoxy) is 1. The van der Waals surface area contributed by atoms with Crippen molar-refractivity contribution in [3.63, 3.8) is 0 Å². The van der Waals surface area contributed by atoms with Crippen LogP contribution in [0.15, 0.2) is 76.7 Å². The first-order valence-corrected chi connectivity index (χ1v) is 11.0. The number of hydrogen-bond donors (Lipinski definition) is 2. The molecule has 3 heterocycles. The number of aryl methyl sites for hydroxylation is 1. The number of carbonyl (C=O) groups is 2. The number of anilines is 1. The zero-order valence-electron chi connectivity index (χ0n) is 18.7. The first kappa shape index (κ1) is 22.5. The van der Waals surface area contributed by atoms with Crippen molar-refractivity contribution in [2.45, 2.75) is 13.0 Å². The van der Waals surface area contributed by atoms with E-state index in [2.05, 4.69) is 4.98 Å². The molecule has 8 nitrogen and oxygen atoms in total. The van der Waals surface area contributed by atoms with Crippen LogP contribution in [-0.2, 0) is 4.79 Å². The Morgan fingerprint density at radius 1 is 1.11 bits per heavy atom. The summed E-state index contributed by atoms with van der Waals surface area (Å²) in [6.45, 7) is 1.80. The molecule has 5 rings (SSSR count). The van der Waals surface area contributed by atoms with Crippen LogP contribution in [0.25, 0.3) is 11.0 Å². The fraction of sp³-hybridized carbons (Fsp3) is 0.115. The zero-order valence-corrected chi connectivity index (χ0v) is 19.4. The molecule has 2 N–H and O–H groups in total. The maximum Gasteiger partial charge on any atom is 0.294 e. The molecule has 1 atom stereocenters. The Bertz CT molecular complexity index is 1530. The quantitative estimate of drug-likeness (QED) is 0.365. The molecule has 176 valence electrons. The average Bonchev–Trinajstić information content (AvgIpc) is 3.39. The molecular weight excluding hydrogens is 472 g/mol. The molecule has 4 aromatic rings. The highest BCUT2D eigenvalue weighted by molar-refractivity contribution is 6.31.